The number of nitrogens with zero attached hydrogens (tertiary/aromatic N) is 1. The summed E-state index contributed by atoms with van der Waals surface area (Å²) in [6.07, 6.45) is 3.80. The number of ether oxygens (including phenoxy) is 1. The number of nitro groups is 1. The number of alkyl halides is 1. The van der Waals surface area contributed by atoms with Crippen LogP contribution in [0, 0.1) is 10.1 Å². The van der Waals surface area contributed by atoms with Crippen LogP contribution in [0.3, 0.4) is 0 Å². The zero-order valence-corrected chi connectivity index (χ0v) is 11.4. The molecule has 1 aromatic carbocycles. The summed E-state index contributed by atoms with van der Waals surface area (Å²) in [6, 6.07) is 9.25. The lowest BCUT2D eigenvalue weighted by Crippen LogP contribution is -2.34. The Morgan fingerprint density at radius 3 is 2.61 bits per heavy atom. The van der Waals surface area contributed by atoms with Crippen LogP contribution >= 0.6 is 15.9 Å². The highest BCUT2D eigenvalue weighted by Crippen LogP contribution is 2.43. The topological polar surface area (TPSA) is 52.4 Å². The van der Waals surface area contributed by atoms with Gasteiger partial charge in [0.2, 0.25) is 0 Å². The molecule has 0 aromatic heterocycles. The Balaban J connectivity index is 2.64. The summed E-state index contributed by atoms with van der Waals surface area (Å²) in [4.78, 5) is 11.0. The van der Waals surface area contributed by atoms with E-state index in [0.29, 0.717) is 11.3 Å². The average Bonchev–Trinajstić information content (AvgIpc) is 2.39. The molecule has 1 unspecified atom stereocenters. The maximum Gasteiger partial charge on any atom is 0.307 e. The molecule has 94 valence electrons. The zero-order chi connectivity index (χ0) is 13.2. The second-order valence-corrected chi connectivity index (χ2v) is 5.24. The SMILES string of the molecule is COC1=C(c2ccccc2)C(Br)([N+](=O)[O-])CC=C1. The van der Waals surface area contributed by atoms with Gasteiger partial charge in [0, 0.05) is 20.9 Å². The monoisotopic (exact) mass is 309 g/mol. The molecule has 0 heterocycles. The molecule has 1 aliphatic carbocycles. The molecule has 5 heteroatoms. The normalized spacial score (nSPS) is 23.0. The van der Waals surface area contributed by atoms with Crippen molar-refractivity contribution in [1.29, 1.82) is 0 Å². The molecule has 0 saturated carbocycles. The molecule has 0 saturated heterocycles. The van der Waals surface area contributed by atoms with Gasteiger partial charge in [-0.15, -0.1) is 0 Å². The van der Waals surface area contributed by atoms with E-state index < -0.39 is 4.45 Å². The highest BCUT2D eigenvalue weighted by atomic mass is 79.9. The third-order valence-corrected chi connectivity index (χ3v) is 3.87. The Bertz CT molecular complexity index is 524. The van der Waals surface area contributed by atoms with E-state index in [2.05, 4.69) is 15.9 Å². The maximum atomic E-state index is 11.4. The molecular formula is C13H12BrNO3. The van der Waals surface area contributed by atoms with Crippen molar-refractivity contribution in [1.82, 2.24) is 0 Å². The van der Waals surface area contributed by atoms with Crippen LogP contribution < -0.4 is 0 Å². The number of methoxy groups -OCH3 is 1. The van der Waals surface area contributed by atoms with Crippen LogP contribution in [0.2, 0.25) is 0 Å². The van der Waals surface area contributed by atoms with Gasteiger partial charge in [0.15, 0.2) is 0 Å². The predicted octanol–water partition coefficient (Wildman–Crippen LogP) is 3.37. The van der Waals surface area contributed by atoms with Gasteiger partial charge in [0.1, 0.15) is 5.76 Å². The van der Waals surface area contributed by atoms with E-state index in [1.165, 1.54) is 7.11 Å². The minimum Gasteiger partial charge on any atom is -0.496 e. The molecule has 18 heavy (non-hydrogen) atoms. The highest BCUT2D eigenvalue weighted by Gasteiger charge is 2.47. The van der Waals surface area contributed by atoms with Crippen molar-refractivity contribution < 1.29 is 9.66 Å². The number of halogens is 1. The van der Waals surface area contributed by atoms with Crippen LogP contribution in [-0.4, -0.2) is 16.5 Å². The molecule has 0 radical (unpaired) electrons. The molecule has 0 bridgehead atoms. The first-order valence-corrected chi connectivity index (χ1v) is 6.23. The van der Waals surface area contributed by atoms with Gasteiger partial charge < -0.3 is 4.74 Å². The minimum atomic E-state index is -1.32. The molecule has 0 fully saturated rings. The van der Waals surface area contributed by atoms with E-state index >= 15 is 0 Å². The zero-order valence-electron chi connectivity index (χ0n) is 9.80. The highest BCUT2D eigenvalue weighted by molar-refractivity contribution is 9.10. The largest absolute Gasteiger partial charge is 0.496 e. The van der Waals surface area contributed by atoms with Crippen molar-refractivity contribution in [3.63, 3.8) is 0 Å². The Morgan fingerprint density at radius 1 is 1.39 bits per heavy atom. The molecule has 1 aromatic rings. The second kappa shape index (κ2) is 4.94. The molecule has 2 rings (SSSR count). The summed E-state index contributed by atoms with van der Waals surface area (Å²) < 4.78 is 3.94. The first-order valence-electron chi connectivity index (χ1n) is 5.43. The fraction of sp³-hybridized carbons (Fsp3) is 0.231. The van der Waals surface area contributed by atoms with Gasteiger partial charge in [0.05, 0.1) is 19.1 Å². The van der Waals surface area contributed by atoms with Crippen molar-refractivity contribution in [3.05, 3.63) is 63.9 Å². The van der Waals surface area contributed by atoms with Gasteiger partial charge in [-0.2, -0.15) is 0 Å². The van der Waals surface area contributed by atoms with Gasteiger partial charge >= 0.3 is 4.45 Å². The summed E-state index contributed by atoms with van der Waals surface area (Å²) >= 11 is 3.26. The molecule has 0 amide bonds. The van der Waals surface area contributed by atoms with Gasteiger partial charge in [0.25, 0.3) is 0 Å². The molecular weight excluding hydrogens is 298 g/mol. The Hall–Kier alpha value is -1.62. The molecule has 0 N–H and O–H groups in total. The number of benzene rings is 1. The van der Waals surface area contributed by atoms with Gasteiger partial charge in [-0.3, -0.25) is 10.1 Å². The van der Waals surface area contributed by atoms with Gasteiger partial charge in [-0.25, -0.2) is 0 Å². The fourth-order valence-electron chi connectivity index (χ4n) is 2.00. The van der Waals surface area contributed by atoms with Crippen LogP contribution in [0.1, 0.15) is 12.0 Å². The Kier molecular flexibility index (Phi) is 3.52. The smallest absolute Gasteiger partial charge is 0.307 e. The first-order chi connectivity index (χ1) is 8.59. The van der Waals surface area contributed by atoms with Crippen molar-refractivity contribution in [2.45, 2.75) is 10.9 Å². The van der Waals surface area contributed by atoms with Gasteiger partial charge in [-0.05, 0) is 11.6 Å². The lowest BCUT2D eigenvalue weighted by molar-refractivity contribution is -0.517. The Labute approximate surface area is 113 Å². The van der Waals surface area contributed by atoms with Crippen molar-refractivity contribution in [3.8, 4) is 0 Å². The quantitative estimate of drug-likeness (QED) is 0.372. The van der Waals surface area contributed by atoms with E-state index in [-0.39, 0.29) is 11.3 Å². The molecule has 4 nitrogen and oxygen atoms in total. The third kappa shape index (κ3) is 2.06. The first kappa shape index (κ1) is 12.8. The second-order valence-electron chi connectivity index (χ2n) is 3.93. The lowest BCUT2D eigenvalue weighted by atomic mass is 9.91. The minimum absolute atomic E-state index is 0.289. The summed E-state index contributed by atoms with van der Waals surface area (Å²) in [5.41, 5.74) is 1.34. The number of hydrogen-bond acceptors (Lipinski definition) is 3. The summed E-state index contributed by atoms with van der Waals surface area (Å²) in [6.45, 7) is 0. The van der Waals surface area contributed by atoms with Crippen LogP contribution in [0.5, 0.6) is 0 Å². The van der Waals surface area contributed by atoms with Crippen LogP contribution in [0.25, 0.3) is 5.57 Å². The standard InChI is InChI=1S/C13H12BrNO3/c1-18-11-8-5-9-13(14,15(16)17)12(11)10-6-3-2-4-7-10/h2-8H,9H2,1H3. The van der Waals surface area contributed by atoms with E-state index in [9.17, 15) is 10.1 Å². The fourth-order valence-corrected chi connectivity index (χ4v) is 2.61. The molecule has 1 aliphatic rings. The van der Waals surface area contributed by atoms with Crippen molar-refractivity contribution in [2.24, 2.45) is 0 Å². The molecule has 1 atom stereocenters. The third-order valence-electron chi connectivity index (χ3n) is 2.86. The summed E-state index contributed by atoms with van der Waals surface area (Å²) in [5.74, 6) is 0.515. The number of allylic oxidation sites excluding steroid dienone is 1. The van der Waals surface area contributed by atoms with Crippen molar-refractivity contribution >= 4 is 21.5 Å². The summed E-state index contributed by atoms with van der Waals surface area (Å²) in [7, 11) is 1.52. The Morgan fingerprint density at radius 2 is 2.06 bits per heavy atom. The van der Waals surface area contributed by atoms with E-state index in [1.54, 1.807) is 12.2 Å². The van der Waals surface area contributed by atoms with E-state index in [0.717, 1.165) is 5.56 Å². The van der Waals surface area contributed by atoms with E-state index in [1.807, 2.05) is 30.3 Å². The van der Waals surface area contributed by atoms with Crippen LogP contribution in [0.15, 0.2) is 48.2 Å². The molecule has 0 aliphatic heterocycles. The lowest BCUT2D eigenvalue weighted by Gasteiger charge is -2.25. The van der Waals surface area contributed by atoms with E-state index in [4.69, 9.17) is 4.74 Å². The summed E-state index contributed by atoms with van der Waals surface area (Å²) in [5, 5.41) is 11.4. The predicted molar refractivity (Wildman–Crippen MR) is 72.8 cm³/mol. The molecule has 0 spiro atoms. The van der Waals surface area contributed by atoms with Gasteiger partial charge in [-0.1, -0.05) is 36.4 Å². The van der Waals surface area contributed by atoms with Crippen molar-refractivity contribution in [2.75, 3.05) is 7.11 Å². The van der Waals surface area contributed by atoms with Crippen LogP contribution in [0.4, 0.5) is 0 Å². The van der Waals surface area contributed by atoms with Crippen LogP contribution in [-0.2, 0) is 4.74 Å². The average molecular weight is 310 g/mol. The number of rotatable bonds is 3. The maximum absolute atomic E-state index is 11.4. The number of hydrogen-bond donors (Lipinski definition) is 0.